The number of nitrogens with zero attached hydrogens (tertiary/aromatic N) is 1. The maximum Gasteiger partial charge on any atom is 0.416 e. The van der Waals surface area contributed by atoms with Crippen molar-refractivity contribution in [2.75, 3.05) is 0 Å². The highest BCUT2D eigenvalue weighted by Crippen LogP contribution is 2.34. The second kappa shape index (κ2) is 6.72. The van der Waals surface area contributed by atoms with Crippen molar-refractivity contribution in [2.45, 2.75) is 12.8 Å². The van der Waals surface area contributed by atoms with Crippen LogP contribution in [-0.2, 0) is 12.8 Å². The third-order valence-corrected chi connectivity index (χ3v) is 3.85. The number of aromatic amines is 1. The fourth-order valence-electron chi connectivity index (χ4n) is 2.62. The molecule has 0 saturated carbocycles. The number of alkyl halides is 3. The van der Waals surface area contributed by atoms with E-state index in [0.29, 0.717) is 6.07 Å². The van der Waals surface area contributed by atoms with Crippen molar-refractivity contribution in [1.82, 2.24) is 4.98 Å². The lowest BCUT2D eigenvalue weighted by atomic mass is 10.1. The second-order valence-electron chi connectivity index (χ2n) is 5.51. The van der Waals surface area contributed by atoms with E-state index in [2.05, 4.69) is 4.98 Å². The molecule has 9 heteroatoms. The second-order valence-corrected chi connectivity index (χ2v) is 5.51. The van der Waals surface area contributed by atoms with Gasteiger partial charge in [0, 0.05) is 16.3 Å². The Hall–Kier alpha value is -3.41. The molecule has 1 aromatic heterocycles. The van der Waals surface area contributed by atoms with E-state index in [1.54, 1.807) is 6.07 Å². The smallest absolute Gasteiger partial charge is 0.416 e. The highest BCUT2D eigenvalue weighted by molar-refractivity contribution is 5.91. The highest BCUT2D eigenvalue weighted by atomic mass is 19.4. The summed E-state index contributed by atoms with van der Waals surface area (Å²) >= 11 is 0. The third kappa shape index (κ3) is 3.46. The molecule has 0 spiro atoms. The van der Waals surface area contributed by atoms with Crippen LogP contribution in [0.3, 0.4) is 0 Å². The van der Waals surface area contributed by atoms with Gasteiger partial charge in [-0.25, -0.2) is 8.78 Å². The zero-order chi connectivity index (χ0) is 19.8. The third-order valence-electron chi connectivity index (χ3n) is 3.85. The van der Waals surface area contributed by atoms with Crippen LogP contribution in [0.15, 0.2) is 41.2 Å². The first-order chi connectivity index (χ1) is 12.7. The average Bonchev–Trinajstić information content (AvgIpc) is 2.60. The average molecular weight is 380 g/mol. The molecule has 3 aromatic rings. The Morgan fingerprint density at radius 1 is 1.11 bits per heavy atom. The number of aromatic nitrogens is 1. The number of pyridine rings is 1. The fourth-order valence-corrected chi connectivity index (χ4v) is 2.62. The molecule has 0 atom stereocenters. The Bertz CT molecular complexity index is 1130. The number of halogens is 5. The molecule has 3 rings (SSSR count). The minimum Gasteiger partial charge on any atom is -0.473 e. The van der Waals surface area contributed by atoms with Crippen LogP contribution in [0.4, 0.5) is 22.0 Å². The predicted octanol–water partition coefficient (Wildman–Crippen LogP) is 4.28. The van der Waals surface area contributed by atoms with Crippen molar-refractivity contribution in [1.29, 1.82) is 5.26 Å². The van der Waals surface area contributed by atoms with E-state index < -0.39 is 41.1 Å². The van der Waals surface area contributed by atoms with Crippen LogP contribution in [0.2, 0.25) is 0 Å². The van der Waals surface area contributed by atoms with E-state index in [1.165, 1.54) is 6.07 Å². The molecule has 4 nitrogen and oxygen atoms in total. The topological polar surface area (TPSA) is 65.9 Å². The molecule has 0 aliphatic heterocycles. The van der Waals surface area contributed by atoms with Crippen molar-refractivity contribution in [3.8, 4) is 11.9 Å². The van der Waals surface area contributed by atoms with E-state index in [0.717, 1.165) is 24.3 Å². The standard InChI is InChI=1S/C18H9F5N2O2/c19-9-4-5-10-11(6-9)17(25-16(26)12(10)7-24)27-8-13-14(18(21,22)23)2-1-3-15(13)20/h1-6H,8H2,(H,25,26). The Balaban J connectivity index is 2.09. The number of fused-ring (bicyclic) bond motifs is 1. The number of H-pyrrole nitrogens is 1. The fraction of sp³-hybridized carbons (Fsp3) is 0.111. The number of rotatable bonds is 3. The lowest BCUT2D eigenvalue weighted by Crippen LogP contribution is -2.15. The first-order valence-electron chi connectivity index (χ1n) is 7.45. The van der Waals surface area contributed by atoms with Gasteiger partial charge in [-0.3, -0.25) is 9.78 Å². The summed E-state index contributed by atoms with van der Waals surface area (Å²) in [5, 5.41) is 9.09. The number of hydrogen-bond donors (Lipinski definition) is 1. The first-order valence-corrected chi connectivity index (χ1v) is 7.45. The molecule has 0 bridgehead atoms. The molecule has 0 fully saturated rings. The summed E-state index contributed by atoms with van der Waals surface area (Å²) in [6.45, 7) is -0.866. The van der Waals surface area contributed by atoms with E-state index in [-0.39, 0.29) is 22.2 Å². The van der Waals surface area contributed by atoms with Gasteiger partial charge in [-0.2, -0.15) is 18.4 Å². The number of nitriles is 1. The molecular formula is C18H9F5N2O2. The van der Waals surface area contributed by atoms with Gasteiger partial charge < -0.3 is 4.74 Å². The molecule has 0 unspecified atom stereocenters. The van der Waals surface area contributed by atoms with E-state index >= 15 is 0 Å². The molecule has 138 valence electrons. The minimum absolute atomic E-state index is 0.0314. The van der Waals surface area contributed by atoms with Gasteiger partial charge in [0.1, 0.15) is 29.9 Å². The highest BCUT2D eigenvalue weighted by Gasteiger charge is 2.34. The lowest BCUT2D eigenvalue weighted by Gasteiger charge is -2.15. The zero-order valence-corrected chi connectivity index (χ0v) is 13.3. The van der Waals surface area contributed by atoms with Gasteiger partial charge in [-0.15, -0.1) is 0 Å². The number of benzene rings is 2. The van der Waals surface area contributed by atoms with Crippen LogP contribution in [0.5, 0.6) is 5.88 Å². The number of nitrogens with one attached hydrogen (secondary N) is 1. The van der Waals surface area contributed by atoms with Crippen molar-refractivity contribution in [3.05, 3.63) is 75.1 Å². The molecule has 0 radical (unpaired) electrons. The maximum atomic E-state index is 13.9. The molecule has 1 heterocycles. The van der Waals surface area contributed by atoms with Gasteiger partial charge in [-0.1, -0.05) is 6.07 Å². The van der Waals surface area contributed by atoms with Crippen molar-refractivity contribution in [3.63, 3.8) is 0 Å². The molecule has 27 heavy (non-hydrogen) atoms. The van der Waals surface area contributed by atoms with Crippen molar-refractivity contribution in [2.24, 2.45) is 0 Å². The molecule has 2 aromatic carbocycles. The predicted molar refractivity (Wildman–Crippen MR) is 85.0 cm³/mol. The van der Waals surface area contributed by atoms with Crippen LogP contribution in [0.1, 0.15) is 16.7 Å². The zero-order valence-electron chi connectivity index (χ0n) is 13.3. The Morgan fingerprint density at radius 3 is 2.52 bits per heavy atom. The molecular weight excluding hydrogens is 371 g/mol. The summed E-state index contributed by atoms with van der Waals surface area (Å²) in [6.07, 6.45) is -4.81. The van der Waals surface area contributed by atoms with E-state index in [9.17, 15) is 26.7 Å². The van der Waals surface area contributed by atoms with Crippen molar-refractivity contribution < 1.29 is 26.7 Å². The van der Waals surface area contributed by atoms with Crippen molar-refractivity contribution >= 4 is 10.8 Å². The largest absolute Gasteiger partial charge is 0.473 e. The van der Waals surface area contributed by atoms with Gasteiger partial charge in [0.15, 0.2) is 0 Å². The SMILES string of the molecule is N#Cc1c(=O)[nH]c(OCc2c(F)cccc2C(F)(F)F)c2cc(F)ccc12. The molecule has 0 aliphatic carbocycles. The molecule has 0 aliphatic rings. The quantitative estimate of drug-likeness (QED) is 0.690. The number of hydrogen-bond acceptors (Lipinski definition) is 3. The van der Waals surface area contributed by atoms with E-state index in [1.807, 2.05) is 0 Å². The van der Waals surface area contributed by atoms with Crippen LogP contribution < -0.4 is 10.3 Å². The van der Waals surface area contributed by atoms with Crippen LogP contribution in [0, 0.1) is 23.0 Å². The first kappa shape index (κ1) is 18.4. The molecule has 0 saturated heterocycles. The Kier molecular flexibility index (Phi) is 4.57. The number of ether oxygens (including phenoxy) is 1. The summed E-state index contributed by atoms with van der Waals surface area (Å²) in [5.74, 6) is -2.23. The normalized spacial score (nSPS) is 11.4. The Morgan fingerprint density at radius 2 is 1.85 bits per heavy atom. The summed E-state index contributed by atoms with van der Waals surface area (Å²) in [6, 6.07) is 7.26. The lowest BCUT2D eigenvalue weighted by molar-refractivity contribution is -0.138. The minimum atomic E-state index is -4.81. The van der Waals surface area contributed by atoms with Crippen LogP contribution in [-0.4, -0.2) is 4.98 Å². The van der Waals surface area contributed by atoms with Gasteiger partial charge in [0.05, 0.1) is 5.56 Å². The summed E-state index contributed by atoms with van der Waals surface area (Å²) in [4.78, 5) is 14.1. The molecule has 1 N–H and O–H groups in total. The summed E-state index contributed by atoms with van der Waals surface area (Å²) in [5.41, 5.74) is -3.16. The monoisotopic (exact) mass is 380 g/mol. The summed E-state index contributed by atoms with van der Waals surface area (Å²) < 4.78 is 71.8. The summed E-state index contributed by atoms with van der Waals surface area (Å²) in [7, 11) is 0. The molecule has 0 amide bonds. The van der Waals surface area contributed by atoms with Crippen LogP contribution in [0.25, 0.3) is 10.8 Å². The van der Waals surface area contributed by atoms with Gasteiger partial charge >= 0.3 is 6.18 Å². The van der Waals surface area contributed by atoms with Crippen LogP contribution >= 0.6 is 0 Å². The van der Waals surface area contributed by atoms with Gasteiger partial charge in [-0.05, 0) is 30.3 Å². The van der Waals surface area contributed by atoms with Gasteiger partial charge in [0.2, 0.25) is 5.88 Å². The van der Waals surface area contributed by atoms with Gasteiger partial charge in [0.25, 0.3) is 5.56 Å². The van der Waals surface area contributed by atoms with E-state index in [4.69, 9.17) is 10.00 Å². The maximum absolute atomic E-state index is 13.9. The Labute approximate surface area is 148 Å².